The molecule has 14 aromatic rings. The molecule has 0 heterocycles. The highest BCUT2D eigenvalue weighted by molar-refractivity contribution is 6.25. The third kappa shape index (κ3) is 6.64. The number of benzene rings is 14. The number of hydrogen-bond acceptors (Lipinski definition) is 0. The molecule has 0 nitrogen and oxygen atoms in total. The van der Waals surface area contributed by atoms with Gasteiger partial charge >= 0.3 is 0 Å². The molecule has 0 radical (unpaired) electrons. The third-order valence-corrected chi connectivity index (χ3v) is 25.0. The lowest BCUT2D eigenvalue weighted by Gasteiger charge is -2.23. The first kappa shape index (κ1) is 54.0. The molecule has 0 fully saturated rings. The third-order valence-electron chi connectivity index (χ3n) is 25.0. The van der Waals surface area contributed by atoms with E-state index in [1.807, 2.05) is 0 Å². The summed E-state index contributed by atoms with van der Waals surface area (Å²) in [6, 6.07) is 95.6. The summed E-state index contributed by atoms with van der Waals surface area (Å²) in [7, 11) is 0. The molecule has 7 aliphatic rings. The Balaban J connectivity index is 0.747. The van der Waals surface area contributed by atoms with E-state index in [-0.39, 0.29) is 27.1 Å². The Bertz CT molecular complexity index is 5390. The first-order chi connectivity index (χ1) is 45.9. The van der Waals surface area contributed by atoms with E-state index in [0.29, 0.717) is 0 Å². The van der Waals surface area contributed by atoms with E-state index in [0.717, 1.165) is 0 Å². The fourth-order valence-electron chi connectivity index (χ4n) is 20.1. The Morgan fingerprint density at radius 1 is 0.137 bits per heavy atom. The zero-order valence-electron chi connectivity index (χ0n) is 55.6. The average Bonchev–Trinajstić information content (AvgIpc) is 1.53. The molecule has 0 N–H and O–H groups in total. The van der Waals surface area contributed by atoms with Crippen LogP contribution in [-0.4, -0.2) is 0 Å². The van der Waals surface area contributed by atoms with E-state index in [2.05, 4.69) is 312 Å². The van der Waals surface area contributed by atoms with E-state index < -0.39 is 0 Å². The minimum Gasteiger partial charge on any atom is -0.0619 e. The maximum Gasteiger partial charge on any atom is 0.0159 e. The molecule has 0 amide bonds. The van der Waals surface area contributed by atoms with Gasteiger partial charge in [-0.1, -0.05) is 263 Å². The molecule has 0 atom stereocenters. The van der Waals surface area contributed by atoms with Gasteiger partial charge in [0.2, 0.25) is 0 Å². The largest absolute Gasteiger partial charge is 0.0619 e. The fourth-order valence-corrected chi connectivity index (χ4v) is 20.1. The Morgan fingerprint density at radius 2 is 0.326 bits per heavy atom. The molecule has 0 saturated carbocycles. The number of hydrogen-bond donors (Lipinski definition) is 0. The van der Waals surface area contributed by atoms with Gasteiger partial charge in [0, 0.05) is 27.1 Å². The van der Waals surface area contributed by atoms with Crippen molar-refractivity contribution < 1.29 is 0 Å². The van der Waals surface area contributed by atoms with Gasteiger partial charge in [0.1, 0.15) is 0 Å². The molecule has 0 spiro atoms. The average molecular weight is 1210 g/mol. The lowest BCUT2D eigenvalue weighted by Crippen LogP contribution is -2.15. The highest BCUT2D eigenvalue weighted by Gasteiger charge is 2.43. The number of rotatable bonds is 4. The monoisotopic (exact) mass is 1210 g/mol. The second-order valence-electron chi connectivity index (χ2n) is 31.4. The molecule has 21 rings (SSSR count). The van der Waals surface area contributed by atoms with Crippen molar-refractivity contribution in [1.82, 2.24) is 0 Å². The molecular formula is C95H70. The van der Waals surface area contributed by atoms with Crippen molar-refractivity contribution in [2.75, 3.05) is 0 Å². The minimum atomic E-state index is -0.264. The van der Waals surface area contributed by atoms with Crippen LogP contribution in [0.1, 0.15) is 125 Å². The summed E-state index contributed by atoms with van der Waals surface area (Å²) >= 11 is 0. The zero-order chi connectivity index (χ0) is 63.9. The van der Waals surface area contributed by atoms with E-state index in [4.69, 9.17) is 0 Å². The van der Waals surface area contributed by atoms with E-state index >= 15 is 0 Å². The summed E-state index contributed by atoms with van der Waals surface area (Å²) in [4.78, 5) is 0. The van der Waals surface area contributed by atoms with Crippen LogP contribution in [0.25, 0.3) is 166 Å². The summed E-state index contributed by atoms with van der Waals surface area (Å²) < 4.78 is 0. The number of fused-ring (bicyclic) bond motifs is 21. The molecule has 450 valence electrons. The van der Waals surface area contributed by atoms with Gasteiger partial charge in [-0.25, -0.2) is 0 Å². The van der Waals surface area contributed by atoms with Crippen molar-refractivity contribution in [3.05, 3.63) is 298 Å². The van der Waals surface area contributed by atoms with Crippen LogP contribution in [0.3, 0.4) is 0 Å². The lowest BCUT2D eigenvalue weighted by atomic mass is 9.80. The molecule has 0 aliphatic heterocycles. The second kappa shape index (κ2) is 17.7. The SMILES string of the molecule is CC1(C)c2ccccc2-c2ccc(-c3ccc4c5c(ccc(-c6ccc7c(c6)C(C)(C)c6ccccc6-7)c35)-c3cc5c(cc3-4)-c3cc4c(cc3C5(C)C)-c3ccc(-c5ccc6c(c5)C(C)(C)c5ccccc5-6)c5c(-c6ccc7c(c6)C(C)(C)c6ccccc6-7)ccc-4c35)cc21. The summed E-state index contributed by atoms with van der Waals surface area (Å²) in [5, 5.41) is 5.39. The predicted octanol–water partition coefficient (Wildman–Crippen LogP) is 25.5. The van der Waals surface area contributed by atoms with E-state index in [9.17, 15) is 0 Å². The van der Waals surface area contributed by atoms with Gasteiger partial charge in [-0.05, 0) is 270 Å². The first-order valence-corrected chi connectivity index (χ1v) is 34.5. The zero-order valence-corrected chi connectivity index (χ0v) is 55.6. The van der Waals surface area contributed by atoms with Gasteiger partial charge in [0.05, 0.1) is 0 Å². The maximum atomic E-state index is 2.61. The van der Waals surface area contributed by atoms with Crippen molar-refractivity contribution >= 4 is 21.5 Å². The van der Waals surface area contributed by atoms with Crippen LogP contribution in [0.15, 0.2) is 243 Å². The predicted molar refractivity (Wildman–Crippen MR) is 400 cm³/mol. The smallest absolute Gasteiger partial charge is 0.0159 e. The molecular weight excluding hydrogens is 1140 g/mol. The molecule has 0 heteroatoms. The van der Waals surface area contributed by atoms with Crippen LogP contribution < -0.4 is 0 Å². The van der Waals surface area contributed by atoms with Gasteiger partial charge in [0.15, 0.2) is 0 Å². The summed E-state index contributed by atoms with van der Waals surface area (Å²) in [6.45, 7) is 24.2. The first-order valence-electron chi connectivity index (χ1n) is 34.5. The summed E-state index contributed by atoms with van der Waals surface area (Å²) in [5.74, 6) is 0. The van der Waals surface area contributed by atoms with Gasteiger partial charge in [-0.2, -0.15) is 0 Å². The van der Waals surface area contributed by atoms with Gasteiger partial charge in [-0.3, -0.25) is 0 Å². The highest BCUT2D eigenvalue weighted by atomic mass is 14.5. The van der Waals surface area contributed by atoms with Gasteiger partial charge in [-0.15, -0.1) is 0 Å². The maximum absolute atomic E-state index is 2.61. The summed E-state index contributed by atoms with van der Waals surface area (Å²) in [5.41, 5.74) is 47.7. The van der Waals surface area contributed by atoms with Crippen LogP contribution in [0.2, 0.25) is 0 Å². The van der Waals surface area contributed by atoms with Crippen molar-refractivity contribution in [3.8, 4) is 145 Å². The van der Waals surface area contributed by atoms with Crippen LogP contribution in [0.4, 0.5) is 0 Å². The van der Waals surface area contributed by atoms with E-state index in [1.54, 1.807) is 0 Å². The van der Waals surface area contributed by atoms with Crippen LogP contribution in [0.5, 0.6) is 0 Å². The standard InChI is InChI=1S/C95H70/c1-91(2)77-23-15-11-19-59(77)63-31-27-51(43-81(63)91)55-35-39-67-71-47-75-76-48-72-68-40-36-56(52-28-32-64-60-20-12-16-24-78(60)92(3,4)82(64)44-52)88-58(54-30-34-66-62-22-14-18-26-80(62)94(7,8)84(66)46-54)38-42-70(90(68)88)74(72)50-86(76)95(9,10)85(75)49-73(71)69-41-37-57(87(55)89(67)69)53-29-33-65-61-21-13-17-25-79(61)93(5,6)83(65)45-53/h11-50H,1-10H3. The van der Waals surface area contributed by atoms with Crippen molar-refractivity contribution in [1.29, 1.82) is 0 Å². The van der Waals surface area contributed by atoms with Crippen LogP contribution in [-0.2, 0) is 27.1 Å². The fraction of sp³-hybridized carbons (Fsp3) is 0.158. The Hall–Kier alpha value is -10.4. The van der Waals surface area contributed by atoms with Gasteiger partial charge in [0.25, 0.3) is 0 Å². The lowest BCUT2D eigenvalue weighted by molar-refractivity contribution is 0.660. The molecule has 0 bridgehead atoms. The Morgan fingerprint density at radius 3 is 0.600 bits per heavy atom. The van der Waals surface area contributed by atoms with Gasteiger partial charge < -0.3 is 0 Å². The van der Waals surface area contributed by atoms with Crippen molar-refractivity contribution in [2.45, 2.75) is 96.3 Å². The second-order valence-corrected chi connectivity index (χ2v) is 31.4. The molecule has 95 heavy (non-hydrogen) atoms. The molecule has 0 unspecified atom stereocenters. The summed E-state index contributed by atoms with van der Waals surface area (Å²) in [6.07, 6.45) is 0. The highest BCUT2D eigenvalue weighted by Crippen LogP contribution is 2.63. The van der Waals surface area contributed by atoms with Crippen molar-refractivity contribution in [3.63, 3.8) is 0 Å². The van der Waals surface area contributed by atoms with E-state index in [1.165, 1.54) is 222 Å². The minimum absolute atomic E-state index is 0.121. The quantitative estimate of drug-likeness (QED) is 0.165. The van der Waals surface area contributed by atoms with Crippen LogP contribution >= 0.6 is 0 Å². The normalized spacial score (nSPS) is 16.3. The molecule has 0 aromatic heterocycles. The van der Waals surface area contributed by atoms with Crippen molar-refractivity contribution in [2.24, 2.45) is 0 Å². The molecule has 7 aliphatic carbocycles. The van der Waals surface area contributed by atoms with Crippen LogP contribution in [0, 0.1) is 0 Å². The Kier molecular flexibility index (Phi) is 10.1. The topological polar surface area (TPSA) is 0 Å². The molecule has 0 saturated heterocycles. The Labute approximate surface area is 557 Å². The molecule has 14 aromatic carbocycles.